The van der Waals surface area contributed by atoms with Gasteiger partial charge in [-0.25, -0.2) is 9.97 Å². The summed E-state index contributed by atoms with van der Waals surface area (Å²) < 4.78 is 31.1. The summed E-state index contributed by atoms with van der Waals surface area (Å²) in [6, 6.07) is 10.3. The summed E-state index contributed by atoms with van der Waals surface area (Å²) >= 11 is 7.02. The molecule has 0 bridgehead atoms. The van der Waals surface area contributed by atoms with E-state index in [1.165, 1.54) is 11.1 Å². The molecule has 1 aliphatic rings. The first-order valence-corrected chi connectivity index (χ1v) is 13.1. The molecule has 0 atom stereocenters. The van der Waals surface area contributed by atoms with Crippen LogP contribution in [-0.4, -0.2) is 60.2 Å². The zero-order valence-electron chi connectivity index (χ0n) is 19.0. The average molecular weight is 553 g/mol. The summed E-state index contributed by atoms with van der Waals surface area (Å²) in [6.45, 7) is 2.71. The standard InChI is InChI=1S/C20H17ClN6O3S.CH4O3S/c1-11-25-16(17(31-11)18(22)28)19(29)27(15-7-2-12(21)10-24-15)14-5-3-13(4-6-14)26-8-9-30-20(26)23;1-5(2,3)4/h2-7,10,23H,8-9H2,1H3,(H2,22,28);1H3,(H,2,3,4). The lowest BCUT2D eigenvalue weighted by Crippen LogP contribution is -2.29. The second-order valence-electron chi connectivity index (χ2n) is 7.30. The number of amidine groups is 1. The van der Waals surface area contributed by atoms with Gasteiger partial charge in [-0.1, -0.05) is 11.6 Å². The predicted octanol–water partition coefficient (Wildman–Crippen LogP) is 2.85. The first-order chi connectivity index (χ1) is 16.8. The Labute approximate surface area is 215 Å². The van der Waals surface area contributed by atoms with E-state index >= 15 is 0 Å². The van der Waals surface area contributed by atoms with Crippen LogP contribution in [0.4, 0.5) is 17.2 Å². The molecule has 0 aliphatic carbocycles. The molecule has 15 heteroatoms. The summed E-state index contributed by atoms with van der Waals surface area (Å²) in [4.78, 5) is 37.0. The number of thiazole rings is 1. The molecule has 3 aromatic rings. The summed E-state index contributed by atoms with van der Waals surface area (Å²) in [5.41, 5.74) is 6.67. The Morgan fingerprint density at radius 2 is 1.89 bits per heavy atom. The highest BCUT2D eigenvalue weighted by Gasteiger charge is 2.29. The Hall–Kier alpha value is -3.59. The number of aryl methyl sites for hydroxylation is 1. The molecule has 36 heavy (non-hydrogen) atoms. The Morgan fingerprint density at radius 3 is 2.39 bits per heavy atom. The highest BCUT2D eigenvalue weighted by atomic mass is 35.5. The molecular formula is C21H21ClN6O6S2. The number of benzene rings is 1. The van der Waals surface area contributed by atoms with Crippen molar-refractivity contribution in [3.05, 3.63) is 63.2 Å². The Bertz CT molecular complexity index is 1390. The number of pyridine rings is 1. The van der Waals surface area contributed by atoms with E-state index in [1.807, 2.05) is 0 Å². The number of hydrogen-bond acceptors (Lipinski definition) is 9. The maximum atomic E-state index is 13.5. The number of nitrogens with one attached hydrogen (secondary N) is 1. The second-order valence-corrected chi connectivity index (χ2v) is 10.4. The van der Waals surface area contributed by atoms with Crippen LogP contribution in [0.1, 0.15) is 25.2 Å². The lowest BCUT2D eigenvalue weighted by atomic mass is 10.2. The molecule has 2 amide bonds. The van der Waals surface area contributed by atoms with Gasteiger partial charge in [-0.05, 0) is 43.3 Å². The Kier molecular flexibility index (Phi) is 8.24. The molecule has 2 aromatic heterocycles. The molecule has 0 radical (unpaired) electrons. The molecule has 4 N–H and O–H groups in total. The zero-order chi connectivity index (χ0) is 26.6. The van der Waals surface area contributed by atoms with Crippen molar-refractivity contribution in [2.24, 2.45) is 5.73 Å². The number of primary amides is 1. The molecule has 0 saturated carbocycles. The van der Waals surface area contributed by atoms with Crippen molar-refractivity contribution in [3.8, 4) is 0 Å². The lowest BCUT2D eigenvalue weighted by Gasteiger charge is -2.23. The molecule has 1 saturated heterocycles. The van der Waals surface area contributed by atoms with Crippen molar-refractivity contribution < 1.29 is 27.3 Å². The van der Waals surface area contributed by atoms with E-state index in [0.717, 1.165) is 17.0 Å². The minimum absolute atomic E-state index is 0.0365. The number of amides is 2. The minimum atomic E-state index is -3.67. The smallest absolute Gasteiger partial charge is 0.289 e. The van der Waals surface area contributed by atoms with Gasteiger partial charge < -0.3 is 10.5 Å². The molecule has 1 aliphatic heterocycles. The van der Waals surface area contributed by atoms with E-state index < -0.39 is 21.9 Å². The van der Waals surface area contributed by atoms with Crippen LogP contribution < -0.4 is 15.5 Å². The third-order valence-electron chi connectivity index (χ3n) is 4.52. The molecule has 190 valence electrons. The van der Waals surface area contributed by atoms with Crippen molar-refractivity contribution in [2.45, 2.75) is 6.92 Å². The van der Waals surface area contributed by atoms with E-state index in [-0.39, 0.29) is 16.6 Å². The van der Waals surface area contributed by atoms with Crippen LogP contribution in [-0.2, 0) is 14.9 Å². The van der Waals surface area contributed by atoms with Crippen LogP contribution in [0.25, 0.3) is 0 Å². The number of carbonyl (C=O) groups is 2. The topological polar surface area (TPSA) is 180 Å². The van der Waals surface area contributed by atoms with Crippen LogP contribution >= 0.6 is 22.9 Å². The normalized spacial score (nSPS) is 13.0. The molecule has 4 rings (SSSR count). The minimum Gasteiger partial charge on any atom is -0.463 e. The van der Waals surface area contributed by atoms with E-state index in [9.17, 15) is 18.0 Å². The molecular weight excluding hydrogens is 532 g/mol. The maximum absolute atomic E-state index is 13.5. The number of aromatic nitrogens is 2. The van der Waals surface area contributed by atoms with Crippen molar-refractivity contribution in [1.82, 2.24) is 9.97 Å². The van der Waals surface area contributed by atoms with Crippen LogP contribution in [0.15, 0.2) is 42.6 Å². The van der Waals surface area contributed by atoms with Gasteiger partial charge in [-0.15, -0.1) is 11.3 Å². The van der Waals surface area contributed by atoms with Crippen molar-refractivity contribution >= 4 is 68.1 Å². The number of nitrogens with zero attached hydrogens (tertiary/aromatic N) is 4. The number of anilines is 3. The Morgan fingerprint density at radius 1 is 1.25 bits per heavy atom. The first kappa shape index (κ1) is 27.0. The highest BCUT2D eigenvalue weighted by Crippen LogP contribution is 2.31. The number of nitrogens with two attached hydrogens (primary N) is 1. The second kappa shape index (κ2) is 11.0. The van der Waals surface area contributed by atoms with Gasteiger partial charge in [0.1, 0.15) is 17.3 Å². The van der Waals surface area contributed by atoms with Crippen LogP contribution in [0.3, 0.4) is 0 Å². The van der Waals surface area contributed by atoms with Gasteiger partial charge in [-0.3, -0.25) is 29.4 Å². The fraction of sp³-hybridized carbons (Fsp3) is 0.190. The Balaban J connectivity index is 0.000000658. The fourth-order valence-corrected chi connectivity index (χ4v) is 4.01. The van der Waals surface area contributed by atoms with E-state index in [0.29, 0.717) is 40.9 Å². The summed E-state index contributed by atoms with van der Waals surface area (Å²) in [7, 11) is -3.67. The highest BCUT2D eigenvalue weighted by molar-refractivity contribution is 7.85. The van der Waals surface area contributed by atoms with Gasteiger partial charge in [0, 0.05) is 11.9 Å². The monoisotopic (exact) mass is 552 g/mol. The summed E-state index contributed by atoms with van der Waals surface area (Å²) in [5, 5.41) is 8.81. The quantitative estimate of drug-likeness (QED) is 0.401. The van der Waals surface area contributed by atoms with Crippen molar-refractivity contribution in [3.63, 3.8) is 0 Å². The van der Waals surface area contributed by atoms with E-state index in [2.05, 4.69) is 9.97 Å². The summed E-state index contributed by atoms with van der Waals surface area (Å²) in [6.07, 6.45) is 2.14. The van der Waals surface area contributed by atoms with Gasteiger partial charge in [0.05, 0.1) is 28.5 Å². The molecule has 0 unspecified atom stereocenters. The van der Waals surface area contributed by atoms with Crippen LogP contribution in [0.5, 0.6) is 0 Å². The first-order valence-electron chi connectivity index (χ1n) is 10.1. The van der Waals surface area contributed by atoms with E-state index in [1.54, 1.807) is 48.2 Å². The molecule has 1 fully saturated rings. The molecule has 12 nitrogen and oxygen atoms in total. The van der Waals surface area contributed by atoms with Gasteiger partial charge in [0.25, 0.3) is 28.0 Å². The van der Waals surface area contributed by atoms with Crippen LogP contribution in [0.2, 0.25) is 5.02 Å². The average Bonchev–Trinajstić information content (AvgIpc) is 3.40. The predicted molar refractivity (Wildman–Crippen MR) is 136 cm³/mol. The van der Waals surface area contributed by atoms with Gasteiger partial charge in [0.2, 0.25) is 0 Å². The van der Waals surface area contributed by atoms with E-state index in [4.69, 9.17) is 32.0 Å². The van der Waals surface area contributed by atoms with Gasteiger partial charge in [-0.2, -0.15) is 8.42 Å². The number of carbonyl (C=O) groups excluding carboxylic acids is 2. The molecule has 1 aromatic carbocycles. The number of ether oxygens (including phenoxy) is 1. The summed E-state index contributed by atoms with van der Waals surface area (Å²) in [5.74, 6) is -0.959. The SMILES string of the molecule is CS(=O)(=O)O.Cc1nc(C(=O)N(c2ccc(N3CCOC3=N)cc2)c2ccc(Cl)cn2)c(C(N)=O)s1. The lowest BCUT2D eigenvalue weighted by molar-refractivity contribution is 0.0966. The largest absolute Gasteiger partial charge is 0.463 e. The third kappa shape index (κ3) is 6.75. The van der Waals surface area contributed by atoms with Crippen molar-refractivity contribution in [2.75, 3.05) is 29.2 Å². The molecule has 0 spiro atoms. The number of halogens is 1. The fourth-order valence-electron chi connectivity index (χ4n) is 3.14. The number of rotatable bonds is 5. The third-order valence-corrected chi connectivity index (χ3v) is 5.73. The number of hydrogen-bond donors (Lipinski definition) is 3. The van der Waals surface area contributed by atoms with Crippen molar-refractivity contribution in [1.29, 1.82) is 5.41 Å². The zero-order valence-corrected chi connectivity index (χ0v) is 21.4. The maximum Gasteiger partial charge on any atom is 0.289 e. The van der Waals surface area contributed by atoms with Gasteiger partial charge in [0.15, 0.2) is 5.69 Å². The molecule has 3 heterocycles. The van der Waals surface area contributed by atoms with Crippen LogP contribution in [0, 0.1) is 12.3 Å². The van der Waals surface area contributed by atoms with Gasteiger partial charge >= 0.3 is 0 Å².